The first-order valence-corrected chi connectivity index (χ1v) is 7.99. The molecule has 0 fully saturated rings. The third kappa shape index (κ3) is 6.06. The molecule has 1 aromatic rings. The maximum Gasteiger partial charge on any atom is 0.134 e. The van der Waals surface area contributed by atoms with E-state index in [1.54, 1.807) is 6.07 Å². The van der Waals surface area contributed by atoms with E-state index >= 15 is 0 Å². The van der Waals surface area contributed by atoms with Gasteiger partial charge in [0.1, 0.15) is 16.8 Å². The van der Waals surface area contributed by atoms with Gasteiger partial charge in [-0.2, -0.15) is 0 Å². The van der Waals surface area contributed by atoms with Gasteiger partial charge in [0.05, 0.1) is 0 Å². The summed E-state index contributed by atoms with van der Waals surface area (Å²) in [5, 5.41) is 3.92. The molecule has 1 aromatic heterocycles. The van der Waals surface area contributed by atoms with Gasteiger partial charge in [-0.3, -0.25) is 0 Å². The Labute approximate surface area is 127 Å². The van der Waals surface area contributed by atoms with Crippen molar-refractivity contribution < 1.29 is 0 Å². The second-order valence-corrected chi connectivity index (χ2v) is 5.45. The quantitative estimate of drug-likeness (QED) is 0.707. The van der Waals surface area contributed by atoms with E-state index in [9.17, 15) is 0 Å². The lowest BCUT2D eigenvalue weighted by Crippen LogP contribution is -2.25. The fourth-order valence-electron chi connectivity index (χ4n) is 2.18. The minimum absolute atomic E-state index is 0.390. The molecule has 1 unspecified atom stereocenters. The highest BCUT2D eigenvalue weighted by atomic mass is 35.5. The number of nitrogens with zero attached hydrogens (tertiary/aromatic N) is 3. The first-order valence-electron chi connectivity index (χ1n) is 7.61. The van der Waals surface area contributed by atoms with Crippen molar-refractivity contribution in [2.24, 2.45) is 0 Å². The van der Waals surface area contributed by atoms with E-state index in [0.29, 0.717) is 11.2 Å². The van der Waals surface area contributed by atoms with Crippen LogP contribution in [0.4, 0.5) is 5.82 Å². The number of halogens is 1. The highest BCUT2D eigenvalue weighted by molar-refractivity contribution is 6.29. The maximum atomic E-state index is 6.00. The lowest BCUT2D eigenvalue weighted by atomic mass is 10.1. The van der Waals surface area contributed by atoms with Crippen LogP contribution in [-0.2, 0) is 6.42 Å². The lowest BCUT2D eigenvalue weighted by molar-refractivity contribution is 0.295. The van der Waals surface area contributed by atoms with Gasteiger partial charge in [-0.05, 0) is 39.4 Å². The Morgan fingerprint density at radius 1 is 1.25 bits per heavy atom. The Kier molecular flexibility index (Phi) is 7.85. The largest absolute Gasteiger partial charge is 0.367 e. The van der Waals surface area contributed by atoms with Crippen LogP contribution in [0, 0.1) is 0 Å². The Hall–Kier alpha value is -0.870. The monoisotopic (exact) mass is 298 g/mol. The molecule has 0 aliphatic rings. The van der Waals surface area contributed by atoms with Gasteiger partial charge in [-0.15, -0.1) is 0 Å². The molecule has 1 atom stereocenters. The zero-order valence-corrected chi connectivity index (χ0v) is 13.9. The lowest BCUT2D eigenvalue weighted by Gasteiger charge is -2.20. The van der Waals surface area contributed by atoms with Crippen molar-refractivity contribution in [3.63, 3.8) is 0 Å². The van der Waals surface area contributed by atoms with Crippen molar-refractivity contribution in [1.29, 1.82) is 0 Å². The van der Waals surface area contributed by atoms with Crippen LogP contribution in [0.15, 0.2) is 6.07 Å². The van der Waals surface area contributed by atoms with Gasteiger partial charge in [-0.25, -0.2) is 9.97 Å². The van der Waals surface area contributed by atoms with Crippen LogP contribution in [0.25, 0.3) is 0 Å². The molecule has 1 N–H and O–H groups in total. The van der Waals surface area contributed by atoms with Crippen LogP contribution >= 0.6 is 11.6 Å². The Balaban J connectivity index is 2.42. The van der Waals surface area contributed by atoms with Gasteiger partial charge >= 0.3 is 0 Å². The number of rotatable bonds is 9. The zero-order valence-electron chi connectivity index (χ0n) is 13.1. The maximum absolute atomic E-state index is 6.00. The molecular formula is C15H27ClN4. The second kappa shape index (κ2) is 9.14. The summed E-state index contributed by atoms with van der Waals surface area (Å²) in [6.07, 6.45) is 3.11. The molecule has 0 bridgehead atoms. The molecule has 0 saturated carbocycles. The molecule has 0 radical (unpaired) electrons. The SMILES string of the molecule is CCc1nc(Cl)cc(NC(C)CCCN(CC)CC)n1. The van der Waals surface area contributed by atoms with Crippen molar-refractivity contribution >= 4 is 17.4 Å². The standard InChI is InChI=1S/C15H27ClN4/c1-5-14-18-13(16)11-15(19-14)17-12(4)9-8-10-20(6-2)7-3/h11-12H,5-10H2,1-4H3,(H,17,18,19). The van der Waals surface area contributed by atoms with E-state index in [1.807, 2.05) is 6.92 Å². The third-order valence-electron chi connectivity index (χ3n) is 3.46. The van der Waals surface area contributed by atoms with E-state index in [0.717, 1.165) is 44.1 Å². The summed E-state index contributed by atoms with van der Waals surface area (Å²) in [7, 11) is 0. The zero-order chi connectivity index (χ0) is 15.0. The Morgan fingerprint density at radius 3 is 2.55 bits per heavy atom. The summed E-state index contributed by atoms with van der Waals surface area (Å²) in [5.41, 5.74) is 0. The van der Waals surface area contributed by atoms with Crippen molar-refractivity contribution in [3.05, 3.63) is 17.0 Å². The number of hydrogen-bond donors (Lipinski definition) is 1. The summed E-state index contributed by atoms with van der Waals surface area (Å²) in [5.74, 6) is 1.62. The van der Waals surface area contributed by atoms with Crippen molar-refractivity contribution in [2.75, 3.05) is 25.0 Å². The number of aryl methyl sites for hydroxylation is 1. The average Bonchev–Trinajstić information content (AvgIpc) is 2.42. The molecule has 5 heteroatoms. The molecule has 1 heterocycles. The van der Waals surface area contributed by atoms with Crippen molar-refractivity contribution in [1.82, 2.24) is 14.9 Å². The normalized spacial score (nSPS) is 12.7. The molecule has 0 aliphatic carbocycles. The van der Waals surface area contributed by atoms with E-state index in [2.05, 4.69) is 41.0 Å². The molecule has 0 aromatic carbocycles. The summed E-state index contributed by atoms with van der Waals surface area (Å²) < 4.78 is 0. The van der Waals surface area contributed by atoms with Crippen LogP contribution in [0.3, 0.4) is 0 Å². The first kappa shape index (κ1) is 17.2. The fourth-order valence-corrected chi connectivity index (χ4v) is 2.38. The van der Waals surface area contributed by atoms with E-state index in [1.165, 1.54) is 6.42 Å². The predicted molar refractivity (Wildman–Crippen MR) is 86.5 cm³/mol. The smallest absolute Gasteiger partial charge is 0.134 e. The summed E-state index contributed by atoms with van der Waals surface area (Å²) in [4.78, 5) is 11.1. The first-order chi connectivity index (χ1) is 9.58. The van der Waals surface area contributed by atoms with Crippen LogP contribution in [0.5, 0.6) is 0 Å². The Bertz CT molecular complexity index is 393. The molecule has 0 amide bonds. The summed E-state index contributed by atoms with van der Waals surface area (Å²) in [6.45, 7) is 12.0. The summed E-state index contributed by atoms with van der Waals surface area (Å²) >= 11 is 6.00. The fraction of sp³-hybridized carbons (Fsp3) is 0.733. The highest BCUT2D eigenvalue weighted by Gasteiger charge is 2.07. The molecule has 0 aliphatic heterocycles. The minimum Gasteiger partial charge on any atom is -0.367 e. The van der Waals surface area contributed by atoms with Gasteiger partial charge in [0.25, 0.3) is 0 Å². The van der Waals surface area contributed by atoms with Gasteiger partial charge in [0.2, 0.25) is 0 Å². The summed E-state index contributed by atoms with van der Waals surface area (Å²) in [6, 6.07) is 2.18. The molecule has 1 rings (SSSR count). The van der Waals surface area contributed by atoms with Gasteiger partial charge in [0.15, 0.2) is 0 Å². The van der Waals surface area contributed by atoms with Crippen LogP contribution in [-0.4, -0.2) is 40.5 Å². The molecule has 20 heavy (non-hydrogen) atoms. The second-order valence-electron chi connectivity index (χ2n) is 5.06. The predicted octanol–water partition coefficient (Wildman–Crippen LogP) is 3.61. The molecule has 0 spiro atoms. The number of aromatic nitrogens is 2. The van der Waals surface area contributed by atoms with E-state index in [-0.39, 0.29) is 0 Å². The molecule has 114 valence electrons. The van der Waals surface area contributed by atoms with E-state index < -0.39 is 0 Å². The van der Waals surface area contributed by atoms with Crippen molar-refractivity contribution in [2.45, 2.75) is 53.0 Å². The number of anilines is 1. The van der Waals surface area contributed by atoms with Gasteiger partial charge in [0, 0.05) is 18.5 Å². The van der Waals surface area contributed by atoms with Crippen LogP contribution in [0.1, 0.15) is 46.4 Å². The van der Waals surface area contributed by atoms with Crippen LogP contribution < -0.4 is 5.32 Å². The van der Waals surface area contributed by atoms with Gasteiger partial charge < -0.3 is 10.2 Å². The third-order valence-corrected chi connectivity index (χ3v) is 3.65. The molecule has 0 saturated heterocycles. The molecular weight excluding hydrogens is 272 g/mol. The molecule has 4 nitrogen and oxygen atoms in total. The van der Waals surface area contributed by atoms with Crippen LogP contribution in [0.2, 0.25) is 5.15 Å². The van der Waals surface area contributed by atoms with Crippen molar-refractivity contribution in [3.8, 4) is 0 Å². The van der Waals surface area contributed by atoms with E-state index in [4.69, 9.17) is 11.6 Å². The number of hydrogen-bond acceptors (Lipinski definition) is 4. The minimum atomic E-state index is 0.390. The highest BCUT2D eigenvalue weighted by Crippen LogP contribution is 2.14. The topological polar surface area (TPSA) is 41.1 Å². The van der Waals surface area contributed by atoms with Gasteiger partial charge in [-0.1, -0.05) is 32.4 Å². The average molecular weight is 299 g/mol. The Morgan fingerprint density at radius 2 is 1.95 bits per heavy atom. The number of nitrogens with one attached hydrogen (secondary N) is 1.